The van der Waals surface area contributed by atoms with Gasteiger partial charge in [0.15, 0.2) is 0 Å². The van der Waals surface area contributed by atoms with Crippen molar-refractivity contribution in [1.29, 1.82) is 5.26 Å². The van der Waals surface area contributed by atoms with Crippen LogP contribution >= 0.6 is 0 Å². The van der Waals surface area contributed by atoms with Gasteiger partial charge in [-0.1, -0.05) is 24.3 Å². The van der Waals surface area contributed by atoms with Crippen LogP contribution in [0.4, 0.5) is 11.4 Å². The molecule has 2 aromatic carbocycles. The van der Waals surface area contributed by atoms with Crippen molar-refractivity contribution in [3.05, 3.63) is 87.5 Å². The number of anilines is 1. The standard InChI is InChI=1S/C19H13N3O5/c20-12-15(8-3-6-13-5-1-2-10-17(13)22(26)27)18(23)21-16-9-4-7-14(11-16)19(24)25/h1-11H,(H,21,23)(H,24,25)/b6-3+,15-8-. The maximum atomic E-state index is 12.2. The lowest BCUT2D eigenvalue weighted by Crippen LogP contribution is -2.13. The second-order valence-electron chi connectivity index (χ2n) is 5.21. The number of nitriles is 1. The average Bonchev–Trinajstić information content (AvgIpc) is 2.65. The summed E-state index contributed by atoms with van der Waals surface area (Å²) in [5.41, 5.74) is 0.196. The lowest BCUT2D eigenvalue weighted by Gasteiger charge is -2.04. The molecule has 0 aliphatic heterocycles. The number of aromatic carboxylic acids is 1. The highest BCUT2D eigenvalue weighted by Crippen LogP contribution is 2.19. The monoisotopic (exact) mass is 363 g/mol. The number of carboxylic acids is 1. The number of nitrogens with one attached hydrogen (secondary N) is 1. The van der Waals surface area contributed by atoms with Crippen LogP contribution in [-0.2, 0) is 4.79 Å². The number of nitrogens with zero attached hydrogens (tertiary/aromatic N) is 2. The normalized spacial score (nSPS) is 11.0. The van der Waals surface area contributed by atoms with Crippen LogP contribution in [0, 0.1) is 21.4 Å². The molecule has 0 aliphatic rings. The fraction of sp³-hybridized carbons (Fsp3) is 0. The van der Waals surface area contributed by atoms with E-state index in [2.05, 4.69) is 5.32 Å². The number of hydrogen-bond acceptors (Lipinski definition) is 5. The summed E-state index contributed by atoms with van der Waals surface area (Å²) >= 11 is 0. The van der Waals surface area contributed by atoms with Gasteiger partial charge in [-0.05, 0) is 36.4 Å². The van der Waals surface area contributed by atoms with E-state index < -0.39 is 16.8 Å². The van der Waals surface area contributed by atoms with Crippen LogP contribution in [0.1, 0.15) is 15.9 Å². The number of hydrogen-bond donors (Lipinski definition) is 2. The summed E-state index contributed by atoms with van der Waals surface area (Å²) in [7, 11) is 0. The number of rotatable bonds is 6. The van der Waals surface area contributed by atoms with Crippen molar-refractivity contribution in [1.82, 2.24) is 0 Å². The fourth-order valence-electron chi connectivity index (χ4n) is 2.13. The molecular weight excluding hydrogens is 350 g/mol. The maximum absolute atomic E-state index is 12.2. The van der Waals surface area contributed by atoms with Gasteiger partial charge in [-0.2, -0.15) is 5.26 Å². The summed E-state index contributed by atoms with van der Waals surface area (Å²) in [5, 5.41) is 31.5. The Bertz CT molecular complexity index is 1000. The number of carbonyl (C=O) groups is 2. The van der Waals surface area contributed by atoms with Gasteiger partial charge in [-0.15, -0.1) is 0 Å². The largest absolute Gasteiger partial charge is 0.478 e. The summed E-state index contributed by atoms with van der Waals surface area (Å²) < 4.78 is 0. The summed E-state index contributed by atoms with van der Waals surface area (Å²) in [6.07, 6.45) is 3.98. The number of carbonyl (C=O) groups excluding carboxylic acids is 1. The number of nitro groups is 1. The molecule has 0 unspecified atom stereocenters. The zero-order valence-corrected chi connectivity index (χ0v) is 13.8. The van der Waals surface area contributed by atoms with Gasteiger partial charge >= 0.3 is 5.97 Å². The zero-order chi connectivity index (χ0) is 19.8. The van der Waals surface area contributed by atoms with E-state index in [1.807, 2.05) is 0 Å². The third-order valence-electron chi connectivity index (χ3n) is 3.40. The highest BCUT2D eigenvalue weighted by molar-refractivity contribution is 6.07. The number of para-hydroxylation sites is 1. The molecule has 0 radical (unpaired) electrons. The minimum Gasteiger partial charge on any atom is -0.478 e. The molecule has 27 heavy (non-hydrogen) atoms. The molecule has 0 bridgehead atoms. The van der Waals surface area contributed by atoms with Crippen LogP contribution in [-0.4, -0.2) is 21.9 Å². The Morgan fingerprint density at radius 1 is 1.19 bits per heavy atom. The van der Waals surface area contributed by atoms with Crippen molar-refractivity contribution in [2.24, 2.45) is 0 Å². The quantitative estimate of drug-likeness (QED) is 0.266. The van der Waals surface area contributed by atoms with Crippen molar-refractivity contribution in [2.45, 2.75) is 0 Å². The first-order valence-electron chi connectivity index (χ1n) is 7.59. The van der Waals surface area contributed by atoms with Gasteiger partial charge in [0.05, 0.1) is 16.1 Å². The Hall–Kier alpha value is -4.25. The van der Waals surface area contributed by atoms with Crippen molar-refractivity contribution >= 4 is 29.3 Å². The van der Waals surface area contributed by atoms with Crippen LogP contribution in [0.25, 0.3) is 6.08 Å². The molecule has 0 atom stereocenters. The molecule has 0 saturated heterocycles. The molecule has 8 heteroatoms. The summed E-state index contributed by atoms with van der Waals surface area (Å²) in [4.78, 5) is 33.5. The van der Waals surface area contributed by atoms with E-state index in [1.54, 1.807) is 12.1 Å². The van der Waals surface area contributed by atoms with Crippen LogP contribution in [0.3, 0.4) is 0 Å². The van der Waals surface area contributed by atoms with E-state index >= 15 is 0 Å². The van der Waals surface area contributed by atoms with E-state index in [0.717, 1.165) is 0 Å². The smallest absolute Gasteiger partial charge is 0.335 e. The van der Waals surface area contributed by atoms with Gasteiger partial charge in [0.1, 0.15) is 11.6 Å². The lowest BCUT2D eigenvalue weighted by molar-refractivity contribution is -0.385. The molecule has 1 amide bonds. The Balaban J connectivity index is 2.18. The highest BCUT2D eigenvalue weighted by atomic mass is 16.6. The molecule has 2 rings (SSSR count). The van der Waals surface area contributed by atoms with Gasteiger partial charge in [0, 0.05) is 11.8 Å². The number of amides is 1. The first-order valence-corrected chi connectivity index (χ1v) is 7.59. The Kier molecular flexibility index (Phi) is 6.17. The molecule has 0 spiro atoms. The Labute approximate surface area is 153 Å². The number of carboxylic acid groups (broad SMARTS) is 1. The van der Waals surface area contributed by atoms with E-state index in [1.165, 1.54) is 60.7 Å². The summed E-state index contributed by atoms with van der Waals surface area (Å²) in [6, 6.07) is 13.4. The van der Waals surface area contributed by atoms with E-state index in [-0.39, 0.29) is 22.5 Å². The van der Waals surface area contributed by atoms with E-state index in [4.69, 9.17) is 10.4 Å². The van der Waals surface area contributed by atoms with Crippen molar-refractivity contribution in [3.63, 3.8) is 0 Å². The maximum Gasteiger partial charge on any atom is 0.335 e. The molecule has 0 aromatic heterocycles. The third kappa shape index (κ3) is 5.11. The topological polar surface area (TPSA) is 133 Å². The van der Waals surface area contributed by atoms with Gasteiger partial charge in [-0.3, -0.25) is 14.9 Å². The van der Waals surface area contributed by atoms with Crippen LogP contribution < -0.4 is 5.32 Å². The zero-order valence-electron chi connectivity index (χ0n) is 13.8. The molecule has 2 aromatic rings. The lowest BCUT2D eigenvalue weighted by atomic mass is 10.1. The second-order valence-corrected chi connectivity index (χ2v) is 5.21. The van der Waals surface area contributed by atoms with Gasteiger partial charge in [-0.25, -0.2) is 4.79 Å². The molecule has 0 fully saturated rings. The minimum absolute atomic E-state index is 0.00781. The third-order valence-corrected chi connectivity index (χ3v) is 3.40. The van der Waals surface area contributed by atoms with Crippen LogP contribution in [0.5, 0.6) is 0 Å². The van der Waals surface area contributed by atoms with Gasteiger partial charge in [0.2, 0.25) is 0 Å². The average molecular weight is 363 g/mol. The molecule has 0 aliphatic carbocycles. The SMILES string of the molecule is N#C/C(=C/C=C/c1ccccc1[N+](=O)[O-])C(=O)Nc1cccc(C(=O)O)c1. The molecule has 134 valence electrons. The van der Waals surface area contributed by atoms with Gasteiger partial charge < -0.3 is 10.4 Å². The number of nitro benzene ring substituents is 1. The first-order chi connectivity index (χ1) is 12.9. The van der Waals surface area contributed by atoms with Crippen molar-refractivity contribution in [2.75, 3.05) is 5.32 Å². The van der Waals surface area contributed by atoms with E-state index in [0.29, 0.717) is 5.56 Å². The molecular formula is C19H13N3O5. The number of allylic oxidation sites excluding steroid dienone is 2. The Morgan fingerprint density at radius 3 is 2.59 bits per heavy atom. The predicted octanol–water partition coefficient (Wildman–Crippen LogP) is 3.39. The second kappa shape index (κ2) is 8.73. The molecule has 8 nitrogen and oxygen atoms in total. The summed E-state index contributed by atoms with van der Waals surface area (Å²) in [5.74, 6) is -1.87. The molecule has 0 saturated carbocycles. The molecule has 2 N–H and O–H groups in total. The van der Waals surface area contributed by atoms with Crippen LogP contribution in [0.2, 0.25) is 0 Å². The number of benzene rings is 2. The van der Waals surface area contributed by atoms with E-state index in [9.17, 15) is 19.7 Å². The van der Waals surface area contributed by atoms with Crippen LogP contribution in [0.15, 0.2) is 66.3 Å². The molecule has 0 heterocycles. The van der Waals surface area contributed by atoms with Crippen molar-refractivity contribution < 1.29 is 19.6 Å². The predicted molar refractivity (Wildman–Crippen MR) is 97.9 cm³/mol. The first kappa shape index (κ1) is 19.1. The van der Waals surface area contributed by atoms with Gasteiger partial charge in [0.25, 0.3) is 11.6 Å². The summed E-state index contributed by atoms with van der Waals surface area (Å²) in [6.45, 7) is 0. The highest BCUT2D eigenvalue weighted by Gasteiger charge is 2.11. The Morgan fingerprint density at radius 2 is 1.93 bits per heavy atom. The minimum atomic E-state index is -1.14. The van der Waals surface area contributed by atoms with Crippen molar-refractivity contribution in [3.8, 4) is 6.07 Å². The fourth-order valence-corrected chi connectivity index (χ4v) is 2.13.